The van der Waals surface area contributed by atoms with E-state index < -0.39 is 22.0 Å². The molecule has 0 amide bonds. The average Bonchev–Trinajstić information content (AvgIpc) is 2.63. The first-order chi connectivity index (χ1) is 8.13. The van der Waals surface area contributed by atoms with Crippen molar-refractivity contribution in [2.24, 2.45) is 5.41 Å². The zero-order valence-electron chi connectivity index (χ0n) is 11.3. The van der Waals surface area contributed by atoms with Crippen LogP contribution in [-0.2, 0) is 14.8 Å². The molecule has 0 aromatic carbocycles. The zero-order valence-corrected chi connectivity index (χ0v) is 12.2. The van der Waals surface area contributed by atoms with Crippen LogP contribution in [0.1, 0.15) is 46.5 Å². The summed E-state index contributed by atoms with van der Waals surface area (Å²) in [6.07, 6.45) is 2.45. The third-order valence-corrected chi connectivity index (χ3v) is 5.13. The summed E-state index contributed by atoms with van der Waals surface area (Å²) in [5.41, 5.74) is 0.104. The standard InChI is InChI=1S/C12H23NO4S/c1-12(2,3)7-5-9-18(16,17)13-8-4-6-10(13)11(14)15/h10H,4-9H2,1-3H3,(H,14,15)/t10-/m0/s1. The van der Waals surface area contributed by atoms with E-state index in [9.17, 15) is 13.2 Å². The molecule has 0 bridgehead atoms. The van der Waals surface area contributed by atoms with E-state index in [1.165, 1.54) is 0 Å². The van der Waals surface area contributed by atoms with Crippen LogP contribution in [0.4, 0.5) is 0 Å². The molecule has 1 aliphatic heterocycles. The van der Waals surface area contributed by atoms with Gasteiger partial charge >= 0.3 is 5.97 Å². The number of hydrogen-bond donors (Lipinski definition) is 1. The van der Waals surface area contributed by atoms with Crippen LogP contribution in [0.15, 0.2) is 0 Å². The molecule has 1 rings (SSSR count). The fraction of sp³-hybridized carbons (Fsp3) is 0.917. The Morgan fingerprint density at radius 1 is 1.39 bits per heavy atom. The number of sulfonamides is 1. The van der Waals surface area contributed by atoms with E-state index in [0.717, 1.165) is 10.7 Å². The molecular formula is C12H23NO4S. The Morgan fingerprint density at radius 2 is 2.00 bits per heavy atom. The lowest BCUT2D eigenvalue weighted by Gasteiger charge is -2.22. The van der Waals surface area contributed by atoms with Gasteiger partial charge in [0.1, 0.15) is 6.04 Å². The molecule has 0 spiro atoms. The number of carboxylic acids is 1. The number of aliphatic carboxylic acids is 1. The van der Waals surface area contributed by atoms with Crippen molar-refractivity contribution < 1.29 is 18.3 Å². The van der Waals surface area contributed by atoms with E-state index in [0.29, 0.717) is 25.8 Å². The molecule has 1 fully saturated rings. The second-order valence-electron chi connectivity index (χ2n) is 6.09. The Hall–Kier alpha value is -0.620. The maximum atomic E-state index is 12.1. The average molecular weight is 277 g/mol. The van der Waals surface area contributed by atoms with E-state index in [1.807, 2.05) is 0 Å². The number of hydrogen-bond acceptors (Lipinski definition) is 3. The highest BCUT2D eigenvalue weighted by Crippen LogP contribution is 2.25. The Kier molecular flexibility index (Phi) is 4.78. The van der Waals surface area contributed by atoms with Gasteiger partial charge < -0.3 is 5.11 Å². The second kappa shape index (κ2) is 5.57. The normalized spacial score (nSPS) is 22.3. The first-order valence-electron chi connectivity index (χ1n) is 6.36. The Morgan fingerprint density at radius 3 is 2.50 bits per heavy atom. The molecule has 6 heteroatoms. The topological polar surface area (TPSA) is 74.7 Å². The lowest BCUT2D eigenvalue weighted by atomic mass is 9.91. The van der Waals surface area contributed by atoms with Gasteiger partial charge in [-0.25, -0.2) is 8.42 Å². The number of nitrogens with zero attached hydrogens (tertiary/aromatic N) is 1. The van der Waals surface area contributed by atoms with Crippen molar-refractivity contribution in [2.75, 3.05) is 12.3 Å². The Labute approximate surface area is 109 Å². The Bertz CT molecular complexity index is 397. The van der Waals surface area contributed by atoms with Gasteiger partial charge in [-0.05, 0) is 31.1 Å². The van der Waals surface area contributed by atoms with Crippen LogP contribution in [0.5, 0.6) is 0 Å². The molecule has 1 saturated heterocycles. The van der Waals surface area contributed by atoms with E-state index in [4.69, 9.17) is 5.11 Å². The quantitative estimate of drug-likeness (QED) is 0.830. The van der Waals surface area contributed by atoms with Crippen molar-refractivity contribution >= 4 is 16.0 Å². The summed E-state index contributed by atoms with van der Waals surface area (Å²) in [4.78, 5) is 11.0. The third-order valence-electron chi connectivity index (χ3n) is 3.18. The molecule has 0 saturated carbocycles. The van der Waals surface area contributed by atoms with Crippen molar-refractivity contribution in [1.82, 2.24) is 4.31 Å². The van der Waals surface area contributed by atoms with Crippen molar-refractivity contribution in [3.8, 4) is 0 Å². The molecule has 1 atom stereocenters. The van der Waals surface area contributed by atoms with Gasteiger partial charge in [0.2, 0.25) is 10.0 Å². The fourth-order valence-electron chi connectivity index (χ4n) is 2.22. The van der Waals surface area contributed by atoms with Gasteiger partial charge in [-0.15, -0.1) is 0 Å². The molecule has 1 heterocycles. The van der Waals surface area contributed by atoms with Crippen LogP contribution in [-0.4, -0.2) is 42.1 Å². The second-order valence-corrected chi connectivity index (χ2v) is 8.13. The highest BCUT2D eigenvalue weighted by atomic mass is 32.2. The molecule has 0 aliphatic carbocycles. The number of rotatable bonds is 5. The largest absolute Gasteiger partial charge is 0.480 e. The van der Waals surface area contributed by atoms with Gasteiger partial charge in [-0.3, -0.25) is 4.79 Å². The lowest BCUT2D eigenvalue weighted by molar-refractivity contribution is -0.140. The van der Waals surface area contributed by atoms with E-state index >= 15 is 0 Å². The molecule has 1 N–H and O–H groups in total. The summed E-state index contributed by atoms with van der Waals surface area (Å²) in [6, 6.07) is -0.857. The summed E-state index contributed by atoms with van der Waals surface area (Å²) in [5, 5.41) is 9.00. The summed E-state index contributed by atoms with van der Waals surface area (Å²) in [7, 11) is -3.42. The number of carboxylic acid groups (broad SMARTS) is 1. The lowest BCUT2D eigenvalue weighted by Crippen LogP contribution is -2.41. The molecule has 106 valence electrons. The van der Waals surface area contributed by atoms with Crippen LogP contribution in [0.3, 0.4) is 0 Å². The van der Waals surface area contributed by atoms with E-state index in [1.54, 1.807) is 0 Å². The molecule has 18 heavy (non-hydrogen) atoms. The third kappa shape index (κ3) is 4.24. The van der Waals surface area contributed by atoms with Gasteiger partial charge in [0.25, 0.3) is 0 Å². The van der Waals surface area contributed by atoms with Crippen LogP contribution < -0.4 is 0 Å². The van der Waals surface area contributed by atoms with E-state index in [2.05, 4.69) is 20.8 Å². The molecule has 0 aromatic heterocycles. The van der Waals surface area contributed by atoms with Crippen LogP contribution >= 0.6 is 0 Å². The minimum absolute atomic E-state index is 0.0497. The predicted molar refractivity (Wildman–Crippen MR) is 69.8 cm³/mol. The monoisotopic (exact) mass is 277 g/mol. The van der Waals surface area contributed by atoms with Gasteiger partial charge in [0, 0.05) is 6.54 Å². The molecule has 0 aromatic rings. The van der Waals surface area contributed by atoms with Gasteiger partial charge in [-0.2, -0.15) is 4.31 Å². The van der Waals surface area contributed by atoms with Crippen molar-refractivity contribution in [2.45, 2.75) is 52.5 Å². The van der Waals surface area contributed by atoms with Crippen molar-refractivity contribution in [3.05, 3.63) is 0 Å². The predicted octanol–water partition coefficient (Wildman–Crippen LogP) is 1.69. The summed E-state index contributed by atoms with van der Waals surface area (Å²) in [5.74, 6) is -0.986. The molecule has 0 unspecified atom stereocenters. The summed E-state index contributed by atoms with van der Waals surface area (Å²) >= 11 is 0. The van der Waals surface area contributed by atoms with Crippen LogP contribution in [0.2, 0.25) is 0 Å². The minimum Gasteiger partial charge on any atom is -0.480 e. The summed E-state index contributed by atoms with van der Waals surface area (Å²) < 4.78 is 25.4. The smallest absolute Gasteiger partial charge is 0.322 e. The van der Waals surface area contributed by atoms with Gasteiger partial charge in [0.15, 0.2) is 0 Å². The maximum absolute atomic E-state index is 12.1. The Balaban J connectivity index is 2.61. The number of carbonyl (C=O) groups is 1. The fourth-order valence-corrected chi connectivity index (χ4v) is 3.96. The van der Waals surface area contributed by atoms with E-state index in [-0.39, 0.29) is 11.2 Å². The van der Waals surface area contributed by atoms with Crippen LogP contribution in [0, 0.1) is 5.41 Å². The first-order valence-corrected chi connectivity index (χ1v) is 7.97. The highest BCUT2D eigenvalue weighted by Gasteiger charge is 2.38. The molecule has 0 radical (unpaired) electrons. The molecule has 5 nitrogen and oxygen atoms in total. The zero-order chi connectivity index (χ0) is 14.0. The first kappa shape index (κ1) is 15.4. The van der Waals surface area contributed by atoms with Gasteiger partial charge in [-0.1, -0.05) is 20.8 Å². The van der Waals surface area contributed by atoms with Gasteiger partial charge in [0.05, 0.1) is 5.75 Å². The summed E-state index contributed by atoms with van der Waals surface area (Å²) in [6.45, 7) is 6.54. The van der Waals surface area contributed by atoms with Crippen LogP contribution in [0.25, 0.3) is 0 Å². The van der Waals surface area contributed by atoms with Crippen molar-refractivity contribution in [1.29, 1.82) is 0 Å². The highest BCUT2D eigenvalue weighted by molar-refractivity contribution is 7.89. The minimum atomic E-state index is -3.42. The molecule has 1 aliphatic rings. The maximum Gasteiger partial charge on any atom is 0.322 e. The SMILES string of the molecule is CC(C)(C)CCCS(=O)(=O)N1CCC[C@H]1C(=O)O. The molecular weight excluding hydrogens is 254 g/mol. The van der Waals surface area contributed by atoms with Crippen molar-refractivity contribution in [3.63, 3.8) is 0 Å².